The van der Waals surface area contributed by atoms with Crippen LogP contribution in [0, 0.1) is 11.8 Å². The summed E-state index contributed by atoms with van der Waals surface area (Å²) in [6, 6.07) is 0.812. The molecule has 0 aromatic carbocycles. The fourth-order valence-corrected chi connectivity index (χ4v) is 3.65. The first-order chi connectivity index (χ1) is 5.31. The Kier molecular flexibility index (Phi) is 2.39. The van der Waals surface area contributed by atoms with E-state index in [-0.39, 0.29) is 0 Å². The largest absolute Gasteiger partial charge is 0.306 e. The molecule has 1 heterocycles. The fraction of sp³-hybridized carbons (Fsp3) is 1.00. The second kappa shape index (κ2) is 3.18. The first-order valence-corrected chi connectivity index (χ1v) is 5.44. The second-order valence-corrected chi connectivity index (χ2v) is 4.58. The average molecular weight is 266 g/mol. The van der Waals surface area contributed by atoms with Gasteiger partial charge in [0.05, 0.1) is 0 Å². The molecule has 1 aliphatic carbocycles. The number of nitrogens with zero attached hydrogens (tertiary/aromatic N) is 1. The predicted octanol–water partition coefficient (Wildman–Crippen LogP) is 1.27. The van der Waals surface area contributed by atoms with Gasteiger partial charge in [0.25, 0.3) is 0 Å². The van der Waals surface area contributed by atoms with Crippen molar-refractivity contribution in [3.05, 3.63) is 0 Å². The molecule has 2 unspecified atom stereocenters. The van der Waals surface area contributed by atoms with Gasteiger partial charge in [0, 0.05) is 42.0 Å². The van der Waals surface area contributed by atoms with Gasteiger partial charge in [-0.3, -0.25) is 3.53 Å². The van der Waals surface area contributed by atoms with Gasteiger partial charge in [-0.1, -0.05) is 0 Å². The summed E-state index contributed by atoms with van der Waals surface area (Å²) in [4.78, 5) is 2.48. The maximum absolute atomic E-state index is 3.43. The molecule has 2 aliphatic rings. The zero-order valence-electron chi connectivity index (χ0n) is 6.89. The van der Waals surface area contributed by atoms with Crippen LogP contribution in [0.2, 0.25) is 0 Å². The van der Waals surface area contributed by atoms with Gasteiger partial charge in [-0.2, -0.15) is 0 Å². The van der Waals surface area contributed by atoms with Crippen LogP contribution in [-0.2, 0) is 0 Å². The SMILES string of the molecule is CN1CC2CCC(C1)C2NI. The smallest absolute Gasteiger partial charge is 0.0244 e. The quantitative estimate of drug-likeness (QED) is 0.568. The molecule has 0 amide bonds. The van der Waals surface area contributed by atoms with E-state index in [9.17, 15) is 0 Å². The Bertz CT molecular complexity index is 137. The Morgan fingerprint density at radius 1 is 1.27 bits per heavy atom. The summed E-state index contributed by atoms with van der Waals surface area (Å²) in [7, 11) is 2.24. The Morgan fingerprint density at radius 3 is 2.27 bits per heavy atom. The van der Waals surface area contributed by atoms with Crippen molar-refractivity contribution in [3.63, 3.8) is 0 Å². The molecule has 2 atom stereocenters. The zero-order valence-corrected chi connectivity index (χ0v) is 9.04. The van der Waals surface area contributed by atoms with Crippen molar-refractivity contribution in [3.8, 4) is 0 Å². The lowest BCUT2D eigenvalue weighted by atomic mass is 9.94. The minimum Gasteiger partial charge on any atom is -0.306 e. The third-order valence-electron chi connectivity index (χ3n) is 3.14. The number of hydrogen-bond donors (Lipinski definition) is 1. The summed E-state index contributed by atoms with van der Waals surface area (Å²) in [5.41, 5.74) is 0. The van der Waals surface area contributed by atoms with E-state index in [4.69, 9.17) is 0 Å². The molecular formula is C8H15IN2. The normalized spacial score (nSPS) is 44.7. The lowest BCUT2D eigenvalue weighted by molar-refractivity contribution is 0.173. The molecular weight excluding hydrogens is 251 g/mol. The van der Waals surface area contributed by atoms with Crippen molar-refractivity contribution in [1.29, 1.82) is 0 Å². The minimum atomic E-state index is 0.812. The van der Waals surface area contributed by atoms with Crippen LogP contribution in [0.4, 0.5) is 0 Å². The van der Waals surface area contributed by atoms with Crippen LogP contribution in [0.25, 0.3) is 0 Å². The number of fused-ring (bicyclic) bond motifs is 2. The highest BCUT2D eigenvalue weighted by Crippen LogP contribution is 2.36. The molecule has 1 N–H and O–H groups in total. The lowest BCUT2D eigenvalue weighted by Gasteiger charge is -2.35. The number of halogens is 1. The van der Waals surface area contributed by atoms with Crippen LogP contribution in [-0.4, -0.2) is 31.1 Å². The first-order valence-electron chi connectivity index (χ1n) is 4.36. The van der Waals surface area contributed by atoms with E-state index in [0.717, 1.165) is 17.9 Å². The Labute approximate surface area is 82.2 Å². The van der Waals surface area contributed by atoms with Gasteiger partial charge in [0.15, 0.2) is 0 Å². The maximum atomic E-state index is 3.43. The molecule has 0 radical (unpaired) electrons. The van der Waals surface area contributed by atoms with Crippen LogP contribution in [0.5, 0.6) is 0 Å². The molecule has 1 saturated carbocycles. The second-order valence-electron chi connectivity index (χ2n) is 3.95. The van der Waals surface area contributed by atoms with Crippen molar-refractivity contribution in [1.82, 2.24) is 8.43 Å². The maximum Gasteiger partial charge on any atom is 0.0244 e. The predicted molar refractivity (Wildman–Crippen MR) is 54.7 cm³/mol. The average Bonchev–Trinajstić information content (AvgIpc) is 2.23. The van der Waals surface area contributed by atoms with E-state index in [1.807, 2.05) is 0 Å². The van der Waals surface area contributed by atoms with Crippen molar-refractivity contribution < 1.29 is 0 Å². The minimum absolute atomic E-state index is 0.812. The molecule has 1 aliphatic heterocycles. The highest BCUT2D eigenvalue weighted by atomic mass is 127. The third-order valence-corrected chi connectivity index (χ3v) is 3.86. The fourth-order valence-electron chi connectivity index (χ4n) is 2.64. The van der Waals surface area contributed by atoms with Gasteiger partial charge in [-0.05, 0) is 31.7 Å². The number of piperidine rings is 1. The molecule has 2 nitrogen and oxygen atoms in total. The highest BCUT2D eigenvalue weighted by Gasteiger charge is 2.40. The van der Waals surface area contributed by atoms with Gasteiger partial charge < -0.3 is 4.90 Å². The van der Waals surface area contributed by atoms with E-state index in [1.54, 1.807) is 0 Å². The monoisotopic (exact) mass is 266 g/mol. The summed E-state index contributed by atoms with van der Waals surface area (Å²) in [6.07, 6.45) is 2.88. The van der Waals surface area contributed by atoms with Gasteiger partial charge in [-0.25, -0.2) is 0 Å². The molecule has 2 bridgehead atoms. The van der Waals surface area contributed by atoms with Gasteiger partial charge in [0.1, 0.15) is 0 Å². The zero-order chi connectivity index (χ0) is 7.84. The van der Waals surface area contributed by atoms with E-state index < -0.39 is 0 Å². The summed E-state index contributed by atoms with van der Waals surface area (Å²) in [5, 5.41) is 0. The summed E-state index contributed by atoms with van der Waals surface area (Å²) < 4.78 is 3.43. The summed E-state index contributed by atoms with van der Waals surface area (Å²) >= 11 is 2.32. The first kappa shape index (κ1) is 8.26. The van der Waals surface area contributed by atoms with Crippen LogP contribution in [0.1, 0.15) is 12.8 Å². The molecule has 2 fully saturated rings. The van der Waals surface area contributed by atoms with Crippen molar-refractivity contribution in [2.24, 2.45) is 11.8 Å². The third kappa shape index (κ3) is 1.42. The Hall–Kier alpha value is 0.650. The van der Waals surface area contributed by atoms with Gasteiger partial charge >= 0.3 is 0 Å². The summed E-state index contributed by atoms with van der Waals surface area (Å²) in [5.74, 6) is 1.85. The molecule has 2 rings (SSSR count). The molecule has 64 valence electrons. The van der Waals surface area contributed by atoms with Crippen molar-refractivity contribution >= 4 is 22.9 Å². The highest BCUT2D eigenvalue weighted by molar-refractivity contribution is 14.1. The van der Waals surface area contributed by atoms with Crippen molar-refractivity contribution in [2.45, 2.75) is 18.9 Å². The van der Waals surface area contributed by atoms with E-state index in [1.165, 1.54) is 25.9 Å². The molecule has 0 aromatic rings. The number of nitrogens with one attached hydrogen (secondary N) is 1. The van der Waals surface area contributed by atoms with Gasteiger partial charge in [-0.15, -0.1) is 0 Å². The number of hydrogen-bond acceptors (Lipinski definition) is 2. The topological polar surface area (TPSA) is 15.3 Å². The van der Waals surface area contributed by atoms with Crippen LogP contribution >= 0.6 is 22.9 Å². The molecule has 3 heteroatoms. The molecule has 11 heavy (non-hydrogen) atoms. The van der Waals surface area contributed by atoms with Crippen molar-refractivity contribution in [2.75, 3.05) is 20.1 Å². The molecule has 0 spiro atoms. The van der Waals surface area contributed by atoms with Crippen LogP contribution < -0.4 is 3.53 Å². The summed E-state index contributed by atoms with van der Waals surface area (Å²) in [6.45, 7) is 2.61. The van der Waals surface area contributed by atoms with E-state index >= 15 is 0 Å². The molecule has 0 aromatic heterocycles. The number of likely N-dealkylation sites (tertiary alicyclic amines) is 1. The van der Waals surface area contributed by atoms with Gasteiger partial charge in [0.2, 0.25) is 0 Å². The van der Waals surface area contributed by atoms with Crippen LogP contribution in [0.3, 0.4) is 0 Å². The molecule has 1 saturated heterocycles. The standard InChI is InChI=1S/C8H15IN2/c1-11-4-6-2-3-7(5-11)8(6)10-9/h6-8,10H,2-5H2,1H3. The van der Waals surface area contributed by atoms with E-state index in [0.29, 0.717) is 0 Å². The Balaban J connectivity index is 2.06. The van der Waals surface area contributed by atoms with Crippen LogP contribution in [0.15, 0.2) is 0 Å². The number of rotatable bonds is 1. The lowest BCUT2D eigenvalue weighted by Crippen LogP contribution is -2.46. The Morgan fingerprint density at radius 2 is 1.82 bits per heavy atom. The van der Waals surface area contributed by atoms with E-state index in [2.05, 4.69) is 38.3 Å².